The lowest BCUT2D eigenvalue weighted by molar-refractivity contribution is 0.574. The van der Waals surface area contributed by atoms with Crippen molar-refractivity contribution < 1.29 is 4.42 Å². The van der Waals surface area contributed by atoms with Crippen LogP contribution in [0.4, 0.5) is 5.69 Å². The van der Waals surface area contributed by atoms with Crippen LogP contribution < -0.4 is 4.80 Å². The lowest BCUT2D eigenvalue weighted by Gasteiger charge is -2.04. The summed E-state index contributed by atoms with van der Waals surface area (Å²) < 4.78 is 7.62. The lowest BCUT2D eigenvalue weighted by atomic mass is 10.2. The van der Waals surface area contributed by atoms with Gasteiger partial charge in [-0.2, -0.15) is 0 Å². The summed E-state index contributed by atoms with van der Waals surface area (Å²) in [5.74, 6) is 0.847. The zero-order chi connectivity index (χ0) is 14.7. The van der Waals surface area contributed by atoms with Gasteiger partial charge in [-0.3, -0.25) is 0 Å². The molecule has 4 heteroatoms. The second-order valence-electron chi connectivity index (χ2n) is 4.68. The Bertz CT molecular complexity index is 809. The molecule has 0 bridgehead atoms. The first-order chi connectivity index (χ1) is 10.3. The van der Waals surface area contributed by atoms with Gasteiger partial charge < -0.3 is 8.98 Å². The second-order valence-corrected chi connectivity index (χ2v) is 5.51. The normalized spacial score (nSPS) is 11.8. The van der Waals surface area contributed by atoms with Crippen LogP contribution in [0.1, 0.15) is 5.56 Å². The summed E-state index contributed by atoms with van der Waals surface area (Å²) in [6, 6.07) is 12.0. The summed E-state index contributed by atoms with van der Waals surface area (Å²) in [6.07, 6.45) is 3.56. The first-order valence-corrected chi connectivity index (χ1v) is 7.61. The monoisotopic (exact) mass is 296 g/mol. The molecule has 0 spiro atoms. The van der Waals surface area contributed by atoms with Gasteiger partial charge in [0.1, 0.15) is 0 Å². The molecule has 0 aliphatic carbocycles. The van der Waals surface area contributed by atoms with E-state index in [1.807, 2.05) is 36.4 Å². The van der Waals surface area contributed by atoms with Gasteiger partial charge in [0.05, 0.1) is 17.6 Å². The number of rotatable bonds is 4. The molecule has 0 aliphatic rings. The van der Waals surface area contributed by atoms with E-state index in [-0.39, 0.29) is 0 Å². The fourth-order valence-corrected chi connectivity index (χ4v) is 3.05. The van der Waals surface area contributed by atoms with Crippen molar-refractivity contribution in [1.82, 2.24) is 4.57 Å². The van der Waals surface area contributed by atoms with Crippen molar-refractivity contribution in [2.75, 3.05) is 0 Å². The van der Waals surface area contributed by atoms with Crippen LogP contribution in [0.25, 0.3) is 11.5 Å². The van der Waals surface area contributed by atoms with E-state index in [1.165, 1.54) is 0 Å². The first-order valence-electron chi connectivity index (χ1n) is 6.73. The molecule has 3 rings (SSSR count). The van der Waals surface area contributed by atoms with Gasteiger partial charge in [-0.1, -0.05) is 24.3 Å². The minimum atomic E-state index is 0.699. The number of benzene rings is 1. The Balaban J connectivity index is 2.15. The van der Waals surface area contributed by atoms with Gasteiger partial charge >= 0.3 is 0 Å². The molecule has 2 heterocycles. The summed E-state index contributed by atoms with van der Waals surface area (Å²) in [6.45, 7) is 6.60. The van der Waals surface area contributed by atoms with E-state index in [9.17, 15) is 0 Å². The van der Waals surface area contributed by atoms with Gasteiger partial charge in [0.15, 0.2) is 10.6 Å². The number of furan rings is 1. The summed E-state index contributed by atoms with van der Waals surface area (Å²) >= 11 is 1.61. The van der Waals surface area contributed by atoms with E-state index in [0.29, 0.717) is 6.54 Å². The molecule has 1 aromatic carbocycles. The maximum atomic E-state index is 5.50. The Kier molecular flexibility index (Phi) is 3.88. The maximum absolute atomic E-state index is 5.50. The first kappa shape index (κ1) is 13.6. The number of aryl methyl sites for hydroxylation is 1. The molecule has 0 radical (unpaired) electrons. The maximum Gasteiger partial charge on any atom is 0.190 e. The van der Waals surface area contributed by atoms with Crippen molar-refractivity contribution in [3.8, 4) is 11.5 Å². The molecule has 3 nitrogen and oxygen atoms in total. The lowest BCUT2D eigenvalue weighted by Crippen LogP contribution is -2.14. The van der Waals surface area contributed by atoms with E-state index >= 15 is 0 Å². The highest BCUT2D eigenvalue weighted by molar-refractivity contribution is 7.07. The smallest absolute Gasteiger partial charge is 0.190 e. The average molecular weight is 296 g/mol. The molecule has 106 valence electrons. The molecule has 0 aliphatic heterocycles. The van der Waals surface area contributed by atoms with Crippen molar-refractivity contribution in [3.05, 3.63) is 71.1 Å². The van der Waals surface area contributed by atoms with Gasteiger partial charge in [0, 0.05) is 11.9 Å². The molecule has 0 atom stereocenters. The molecule has 21 heavy (non-hydrogen) atoms. The van der Waals surface area contributed by atoms with E-state index in [0.717, 1.165) is 27.5 Å². The number of hydrogen-bond acceptors (Lipinski definition) is 3. The Morgan fingerprint density at radius 1 is 1.29 bits per heavy atom. The quantitative estimate of drug-likeness (QED) is 0.650. The van der Waals surface area contributed by atoms with Crippen LogP contribution in [0, 0.1) is 6.92 Å². The highest BCUT2D eigenvalue weighted by atomic mass is 32.1. The highest BCUT2D eigenvalue weighted by Gasteiger charge is 2.09. The minimum absolute atomic E-state index is 0.699. The zero-order valence-corrected chi connectivity index (χ0v) is 12.6. The molecule has 0 amide bonds. The largest absolute Gasteiger partial charge is 0.463 e. The van der Waals surface area contributed by atoms with Gasteiger partial charge in [-0.15, -0.1) is 17.9 Å². The van der Waals surface area contributed by atoms with Gasteiger partial charge in [0.2, 0.25) is 0 Å². The average Bonchev–Trinajstić information content (AvgIpc) is 3.12. The minimum Gasteiger partial charge on any atom is -0.463 e. The third kappa shape index (κ3) is 2.76. The van der Waals surface area contributed by atoms with Crippen LogP contribution in [-0.2, 0) is 6.54 Å². The summed E-state index contributed by atoms with van der Waals surface area (Å²) in [5, 5.41) is 2.07. The van der Waals surface area contributed by atoms with Gasteiger partial charge in [0.25, 0.3) is 0 Å². The number of aromatic nitrogens is 1. The van der Waals surface area contributed by atoms with Crippen LogP contribution in [0.2, 0.25) is 0 Å². The molecule has 0 N–H and O–H groups in total. The van der Waals surface area contributed by atoms with Crippen molar-refractivity contribution >= 4 is 17.0 Å². The van der Waals surface area contributed by atoms with Crippen molar-refractivity contribution in [3.63, 3.8) is 0 Å². The van der Waals surface area contributed by atoms with Crippen LogP contribution in [-0.4, -0.2) is 4.57 Å². The summed E-state index contributed by atoms with van der Waals surface area (Å²) in [4.78, 5) is 5.72. The number of hydrogen-bond donors (Lipinski definition) is 0. The van der Waals surface area contributed by atoms with Crippen LogP contribution in [0.15, 0.2) is 70.1 Å². The SMILES string of the molecule is C=CCn1c(-c2ccco2)csc1=Nc1ccccc1C. The Labute approximate surface area is 127 Å². The Morgan fingerprint density at radius 3 is 2.86 bits per heavy atom. The third-order valence-corrected chi connectivity index (χ3v) is 4.08. The van der Waals surface area contributed by atoms with E-state index in [4.69, 9.17) is 9.41 Å². The molecule has 2 aromatic heterocycles. The predicted molar refractivity (Wildman–Crippen MR) is 86.6 cm³/mol. The van der Waals surface area contributed by atoms with Crippen molar-refractivity contribution in [1.29, 1.82) is 0 Å². The summed E-state index contributed by atoms with van der Waals surface area (Å²) in [7, 11) is 0. The van der Waals surface area contributed by atoms with Gasteiger partial charge in [-0.25, -0.2) is 4.99 Å². The van der Waals surface area contributed by atoms with Crippen LogP contribution in [0.5, 0.6) is 0 Å². The fraction of sp³-hybridized carbons (Fsp3) is 0.118. The zero-order valence-electron chi connectivity index (χ0n) is 11.8. The Hall–Kier alpha value is -2.33. The van der Waals surface area contributed by atoms with Crippen molar-refractivity contribution in [2.24, 2.45) is 4.99 Å². The third-order valence-electron chi connectivity index (χ3n) is 3.21. The van der Waals surface area contributed by atoms with Crippen LogP contribution >= 0.6 is 11.3 Å². The second kappa shape index (κ2) is 5.97. The van der Waals surface area contributed by atoms with E-state index < -0.39 is 0 Å². The number of thiazole rings is 1. The standard InChI is InChI=1S/C17H16N2OS/c1-3-10-19-15(16-9-6-11-20-16)12-21-17(19)18-14-8-5-4-7-13(14)2/h3-9,11-12H,1,10H2,2H3. The van der Waals surface area contributed by atoms with E-state index in [2.05, 4.69) is 29.5 Å². The van der Waals surface area contributed by atoms with Crippen LogP contribution in [0.3, 0.4) is 0 Å². The topological polar surface area (TPSA) is 30.4 Å². The van der Waals surface area contributed by atoms with E-state index in [1.54, 1.807) is 17.6 Å². The number of nitrogens with zero attached hydrogens (tertiary/aromatic N) is 2. The van der Waals surface area contributed by atoms with Gasteiger partial charge in [-0.05, 0) is 30.7 Å². The molecular formula is C17H16N2OS. The van der Waals surface area contributed by atoms with Crippen molar-refractivity contribution in [2.45, 2.75) is 13.5 Å². The molecule has 0 fully saturated rings. The number of allylic oxidation sites excluding steroid dienone is 1. The molecular weight excluding hydrogens is 280 g/mol. The molecule has 0 unspecified atom stereocenters. The predicted octanol–water partition coefficient (Wildman–Crippen LogP) is 4.54. The molecule has 3 aromatic rings. The molecule has 0 saturated heterocycles. The number of para-hydroxylation sites is 1. The molecule has 0 saturated carbocycles. The summed E-state index contributed by atoms with van der Waals surface area (Å²) in [5.41, 5.74) is 3.18. The fourth-order valence-electron chi connectivity index (χ4n) is 2.14. The Morgan fingerprint density at radius 2 is 2.14 bits per heavy atom. The highest BCUT2D eigenvalue weighted by Crippen LogP contribution is 2.22.